The predicted molar refractivity (Wildman–Crippen MR) is 35.7 cm³/mol. The van der Waals surface area contributed by atoms with Gasteiger partial charge in [-0.05, 0) is 24.8 Å². The van der Waals surface area contributed by atoms with E-state index in [0.717, 1.165) is 25.9 Å². The van der Waals surface area contributed by atoms with Crippen molar-refractivity contribution in [3.05, 3.63) is 0 Å². The van der Waals surface area contributed by atoms with E-state index in [1.165, 1.54) is 0 Å². The average Bonchev–Trinajstić information content (AvgIpc) is 2.32. The number of carboxylic acids is 1. The smallest absolute Gasteiger partial charge is 0.307 e. The maximum Gasteiger partial charge on any atom is 0.307 e. The average molecular weight is 141 g/mol. The molecule has 1 aliphatic heterocycles. The maximum atomic E-state index is 10.5. The van der Waals surface area contributed by atoms with E-state index in [1.807, 2.05) is 0 Å². The predicted octanol–water partition coefficient (Wildman–Crippen LogP) is 0.0706. The highest BCUT2D eigenvalue weighted by molar-refractivity contribution is 5.75. The second-order valence-electron chi connectivity index (χ2n) is 3.38. The Morgan fingerprint density at radius 2 is 2.50 bits per heavy atom. The topological polar surface area (TPSA) is 49.3 Å². The van der Waals surface area contributed by atoms with Gasteiger partial charge in [0.25, 0.3) is 0 Å². The van der Waals surface area contributed by atoms with Gasteiger partial charge in [-0.15, -0.1) is 0 Å². The molecule has 2 N–H and O–H groups in total. The third-order valence-corrected chi connectivity index (χ3v) is 2.76. The maximum absolute atomic E-state index is 10.5. The van der Waals surface area contributed by atoms with Crippen LogP contribution in [0.4, 0.5) is 0 Å². The second kappa shape index (κ2) is 1.72. The molecular weight excluding hydrogens is 130 g/mol. The van der Waals surface area contributed by atoms with Crippen LogP contribution in [-0.2, 0) is 4.79 Å². The van der Waals surface area contributed by atoms with E-state index in [1.54, 1.807) is 0 Å². The normalized spacial score (nSPS) is 44.2. The summed E-state index contributed by atoms with van der Waals surface area (Å²) in [5.41, 5.74) is 0.172. The Labute approximate surface area is 59.4 Å². The number of rotatable bonds is 1. The molecule has 2 atom stereocenters. The Balaban J connectivity index is 2.04. The van der Waals surface area contributed by atoms with Crippen LogP contribution in [0.1, 0.15) is 12.8 Å². The minimum atomic E-state index is -0.608. The van der Waals surface area contributed by atoms with E-state index < -0.39 is 5.97 Å². The van der Waals surface area contributed by atoms with E-state index >= 15 is 0 Å². The van der Waals surface area contributed by atoms with Gasteiger partial charge >= 0.3 is 5.97 Å². The Morgan fingerprint density at radius 1 is 1.70 bits per heavy atom. The molecule has 1 heterocycles. The van der Waals surface area contributed by atoms with E-state index in [2.05, 4.69) is 5.32 Å². The van der Waals surface area contributed by atoms with Crippen LogP contribution in [0.3, 0.4) is 0 Å². The molecular formula is C7H11NO2. The number of nitrogens with one attached hydrogen (secondary N) is 1. The molecule has 1 spiro atoms. The molecule has 1 saturated carbocycles. The molecule has 0 aromatic heterocycles. The van der Waals surface area contributed by atoms with Gasteiger partial charge in [-0.1, -0.05) is 0 Å². The number of carboxylic acid groups (broad SMARTS) is 1. The van der Waals surface area contributed by atoms with Crippen molar-refractivity contribution in [3.8, 4) is 0 Å². The first-order valence-electron chi connectivity index (χ1n) is 3.68. The molecule has 3 nitrogen and oxygen atoms in total. The largest absolute Gasteiger partial charge is 0.481 e. The highest BCUT2D eigenvalue weighted by atomic mass is 16.4. The molecule has 1 aliphatic carbocycles. The molecule has 2 rings (SSSR count). The summed E-state index contributed by atoms with van der Waals surface area (Å²) in [6.07, 6.45) is 1.96. The zero-order valence-electron chi connectivity index (χ0n) is 5.76. The fourth-order valence-electron chi connectivity index (χ4n) is 1.93. The van der Waals surface area contributed by atoms with Crippen LogP contribution in [0.15, 0.2) is 0 Å². The van der Waals surface area contributed by atoms with Crippen molar-refractivity contribution in [2.45, 2.75) is 12.8 Å². The molecule has 10 heavy (non-hydrogen) atoms. The van der Waals surface area contributed by atoms with Crippen LogP contribution in [0, 0.1) is 11.3 Å². The highest BCUT2D eigenvalue weighted by Gasteiger charge is 2.59. The van der Waals surface area contributed by atoms with Crippen LogP contribution >= 0.6 is 0 Å². The Kier molecular flexibility index (Phi) is 1.06. The Bertz CT molecular complexity index is 172. The van der Waals surface area contributed by atoms with Gasteiger partial charge in [-0.2, -0.15) is 0 Å². The van der Waals surface area contributed by atoms with Crippen molar-refractivity contribution in [1.82, 2.24) is 5.32 Å². The number of hydrogen-bond donors (Lipinski definition) is 2. The van der Waals surface area contributed by atoms with Crippen LogP contribution in [0.25, 0.3) is 0 Å². The fourth-order valence-corrected chi connectivity index (χ4v) is 1.93. The summed E-state index contributed by atoms with van der Waals surface area (Å²) in [4.78, 5) is 10.5. The van der Waals surface area contributed by atoms with E-state index in [-0.39, 0.29) is 11.3 Å². The summed E-state index contributed by atoms with van der Waals surface area (Å²) < 4.78 is 0. The third-order valence-electron chi connectivity index (χ3n) is 2.76. The summed E-state index contributed by atoms with van der Waals surface area (Å²) in [5, 5.41) is 11.8. The molecule has 56 valence electrons. The lowest BCUT2D eigenvalue weighted by molar-refractivity contribution is -0.139. The monoisotopic (exact) mass is 141 g/mol. The summed E-state index contributed by atoms with van der Waals surface area (Å²) in [7, 11) is 0. The molecule has 0 amide bonds. The van der Waals surface area contributed by atoms with Crippen LogP contribution in [0.2, 0.25) is 0 Å². The molecule has 2 aliphatic rings. The fraction of sp³-hybridized carbons (Fsp3) is 0.857. The van der Waals surface area contributed by atoms with E-state index in [4.69, 9.17) is 5.11 Å². The molecule has 2 fully saturated rings. The molecule has 3 heteroatoms. The lowest BCUT2D eigenvalue weighted by Gasteiger charge is -2.01. The quantitative estimate of drug-likeness (QED) is 0.543. The highest BCUT2D eigenvalue weighted by Crippen LogP contribution is 2.56. The van der Waals surface area contributed by atoms with Crippen molar-refractivity contribution in [1.29, 1.82) is 0 Å². The van der Waals surface area contributed by atoms with Gasteiger partial charge in [0.1, 0.15) is 0 Å². The lowest BCUT2D eigenvalue weighted by atomic mass is 10.0. The van der Waals surface area contributed by atoms with Crippen molar-refractivity contribution >= 4 is 5.97 Å². The molecule has 1 saturated heterocycles. The molecule has 2 unspecified atom stereocenters. The number of carbonyl (C=O) groups is 1. The van der Waals surface area contributed by atoms with Gasteiger partial charge in [0.2, 0.25) is 0 Å². The third kappa shape index (κ3) is 0.669. The van der Waals surface area contributed by atoms with Gasteiger partial charge < -0.3 is 10.4 Å². The van der Waals surface area contributed by atoms with Crippen molar-refractivity contribution in [3.63, 3.8) is 0 Å². The van der Waals surface area contributed by atoms with E-state index in [9.17, 15) is 4.79 Å². The van der Waals surface area contributed by atoms with Gasteiger partial charge in [0.15, 0.2) is 0 Å². The Morgan fingerprint density at radius 3 is 2.90 bits per heavy atom. The molecule has 0 bridgehead atoms. The van der Waals surface area contributed by atoms with Gasteiger partial charge in [0.05, 0.1) is 5.92 Å². The molecule has 0 aromatic carbocycles. The SMILES string of the molecule is O=C(O)C1CC12CCNC2. The number of aliphatic carboxylic acids is 1. The Hall–Kier alpha value is -0.570. The standard InChI is InChI=1S/C7H11NO2/c9-6(10)5-3-7(5)1-2-8-4-7/h5,8H,1-4H2,(H,9,10). The number of hydrogen-bond acceptors (Lipinski definition) is 2. The zero-order chi connectivity index (χ0) is 7.19. The molecule has 0 aromatic rings. The van der Waals surface area contributed by atoms with Crippen LogP contribution in [-0.4, -0.2) is 24.2 Å². The van der Waals surface area contributed by atoms with Crippen molar-refractivity contribution in [2.75, 3.05) is 13.1 Å². The van der Waals surface area contributed by atoms with Crippen molar-refractivity contribution in [2.24, 2.45) is 11.3 Å². The van der Waals surface area contributed by atoms with Gasteiger partial charge in [-0.3, -0.25) is 4.79 Å². The summed E-state index contributed by atoms with van der Waals surface area (Å²) >= 11 is 0. The lowest BCUT2D eigenvalue weighted by Crippen LogP contribution is -2.14. The minimum absolute atomic E-state index is 0.0394. The molecule has 0 radical (unpaired) electrons. The van der Waals surface area contributed by atoms with Crippen LogP contribution < -0.4 is 5.32 Å². The summed E-state index contributed by atoms with van der Waals surface area (Å²) in [5.74, 6) is -0.647. The first-order chi connectivity index (χ1) is 4.75. The second-order valence-corrected chi connectivity index (χ2v) is 3.38. The van der Waals surface area contributed by atoms with Gasteiger partial charge in [-0.25, -0.2) is 0 Å². The summed E-state index contributed by atoms with van der Waals surface area (Å²) in [6, 6.07) is 0. The zero-order valence-corrected chi connectivity index (χ0v) is 5.76. The first kappa shape index (κ1) is 6.16. The summed E-state index contributed by atoms with van der Waals surface area (Å²) in [6.45, 7) is 1.92. The van der Waals surface area contributed by atoms with Gasteiger partial charge in [0, 0.05) is 6.54 Å². The minimum Gasteiger partial charge on any atom is -0.481 e. The van der Waals surface area contributed by atoms with Crippen molar-refractivity contribution < 1.29 is 9.90 Å². The van der Waals surface area contributed by atoms with E-state index in [0.29, 0.717) is 0 Å². The van der Waals surface area contributed by atoms with Crippen LogP contribution in [0.5, 0.6) is 0 Å². The first-order valence-corrected chi connectivity index (χ1v) is 3.68.